The third kappa shape index (κ3) is 5.50. The zero-order valence-corrected chi connectivity index (χ0v) is 12.1. The average molecular weight is 255 g/mol. The van der Waals surface area contributed by atoms with Crippen LogP contribution in [0.5, 0.6) is 0 Å². The molecule has 0 saturated heterocycles. The molecule has 0 spiro atoms. The summed E-state index contributed by atoms with van der Waals surface area (Å²) in [4.78, 5) is 8.07. The monoisotopic (exact) mass is 255 g/mol. The minimum atomic E-state index is 0.953. The molecule has 17 heavy (non-hydrogen) atoms. The van der Waals surface area contributed by atoms with E-state index in [1.165, 1.54) is 30.6 Å². The van der Waals surface area contributed by atoms with Crippen LogP contribution >= 0.6 is 11.3 Å². The minimum absolute atomic E-state index is 0.953. The molecule has 1 heterocycles. The third-order valence-electron chi connectivity index (χ3n) is 2.69. The van der Waals surface area contributed by atoms with Gasteiger partial charge in [-0.25, -0.2) is 4.98 Å². The quantitative estimate of drug-likeness (QED) is 0.686. The maximum Gasteiger partial charge on any atom is 0.185 e. The van der Waals surface area contributed by atoms with Crippen LogP contribution in [0.3, 0.4) is 0 Å². The van der Waals surface area contributed by atoms with Gasteiger partial charge in [0, 0.05) is 31.2 Å². The molecule has 0 fully saturated rings. The summed E-state index contributed by atoms with van der Waals surface area (Å²) >= 11 is 1.80. The zero-order chi connectivity index (χ0) is 12.5. The normalized spacial score (nSPS) is 10.8. The second-order valence-corrected chi connectivity index (χ2v) is 5.51. The predicted molar refractivity (Wildman–Crippen MR) is 76.9 cm³/mol. The molecule has 0 aliphatic carbocycles. The fraction of sp³-hybridized carbons (Fsp3) is 0.769. The van der Waals surface area contributed by atoms with Gasteiger partial charge in [0.2, 0.25) is 0 Å². The van der Waals surface area contributed by atoms with Crippen LogP contribution in [0, 0.1) is 0 Å². The van der Waals surface area contributed by atoms with E-state index in [0.29, 0.717) is 0 Å². The Morgan fingerprint density at radius 2 is 2.12 bits per heavy atom. The van der Waals surface area contributed by atoms with Gasteiger partial charge in [-0.3, -0.25) is 0 Å². The first-order valence-electron chi connectivity index (χ1n) is 6.64. The lowest BCUT2D eigenvalue weighted by Crippen LogP contribution is -2.17. The Morgan fingerprint density at radius 1 is 1.29 bits per heavy atom. The summed E-state index contributed by atoms with van der Waals surface area (Å²) in [6, 6.07) is 0. The molecular weight excluding hydrogens is 230 g/mol. The SMILES string of the molecule is CCCCCN(C)c1ncc(CNCCC)s1. The molecule has 3 nitrogen and oxygen atoms in total. The van der Waals surface area contributed by atoms with Crippen molar-refractivity contribution in [2.45, 2.75) is 46.1 Å². The van der Waals surface area contributed by atoms with Crippen molar-refractivity contribution in [3.63, 3.8) is 0 Å². The first-order valence-corrected chi connectivity index (χ1v) is 7.46. The number of nitrogens with zero attached hydrogens (tertiary/aromatic N) is 2. The standard InChI is InChI=1S/C13H25N3S/c1-4-6-7-9-16(3)13-15-11-12(17-13)10-14-8-5-2/h11,14H,4-10H2,1-3H3. The first-order chi connectivity index (χ1) is 8.27. The van der Waals surface area contributed by atoms with E-state index in [2.05, 4.69) is 36.1 Å². The van der Waals surface area contributed by atoms with Gasteiger partial charge in [0.15, 0.2) is 5.13 Å². The molecule has 0 amide bonds. The zero-order valence-electron chi connectivity index (χ0n) is 11.3. The molecule has 0 bridgehead atoms. The van der Waals surface area contributed by atoms with E-state index < -0.39 is 0 Å². The average Bonchev–Trinajstić information content (AvgIpc) is 2.78. The molecule has 1 aromatic heterocycles. The molecule has 0 radical (unpaired) electrons. The Hall–Kier alpha value is -0.610. The van der Waals surface area contributed by atoms with Gasteiger partial charge < -0.3 is 10.2 Å². The van der Waals surface area contributed by atoms with E-state index in [9.17, 15) is 0 Å². The summed E-state index contributed by atoms with van der Waals surface area (Å²) in [5.41, 5.74) is 0. The highest BCUT2D eigenvalue weighted by Crippen LogP contribution is 2.21. The van der Waals surface area contributed by atoms with Gasteiger partial charge in [-0.2, -0.15) is 0 Å². The van der Waals surface area contributed by atoms with Crippen LogP contribution in [0.4, 0.5) is 5.13 Å². The van der Waals surface area contributed by atoms with Crippen LogP contribution in [0.15, 0.2) is 6.20 Å². The van der Waals surface area contributed by atoms with Crippen molar-refractivity contribution >= 4 is 16.5 Å². The van der Waals surface area contributed by atoms with Crippen molar-refractivity contribution in [3.8, 4) is 0 Å². The van der Waals surface area contributed by atoms with Gasteiger partial charge in [0.05, 0.1) is 0 Å². The maximum absolute atomic E-state index is 4.48. The Balaban J connectivity index is 2.33. The van der Waals surface area contributed by atoms with Gasteiger partial charge in [0.25, 0.3) is 0 Å². The van der Waals surface area contributed by atoms with Crippen molar-refractivity contribution in [2.24, 2.45) is 0 Å². The first kappa shape index (κ1) is 14.5. The van der Waals surface area contributed by atoms with Crippen LogP contribution in [-0.4, -0.2) is 25.1 Å². The molecule has 0 aliphatic heterocycles. The van der Waals surface area contributed by atoms with Gasteiger partial charge >= 0.3 is 0 Å². The Bertz CT molecular complexity index is 299. The maximum atomic E-state index is 4.48. The molecule has 0 aromatic carbocycles. The molecule has 0 atom stereocenters. The van der Waals surface area contributed by atoms with Crippen molar-refractivity contribution in [1.82, 2.24) is 10.3 Å². The Kier molecular flexibility index (Phi) is 7.21. The molecule has 0 saturated carbocycles. The Morgan fingerprint density at radius 3 is 2.82 bits per heavy atom. The molecular formula is C13H25N3S. The Labute approximate surface area is 109 Å². The fourth-order valence-corrected chi connectivity index (χ4v) is 2.51. The van der Waals surface area contributed by atoms with E-state index in [-0.39, 0.29) is 0 Å². The highest BCUT2D eigenvalue weighted by Gasteiger charge is 2.06. The summed E-state index contributed by atoms with van der Waals surface area (Å²) in [5.74, 6) is 0. The van der Waals surface area contributed by atoms with Crippen molar-refractivity contribution in [3.05, 3.63) is 11.1 Å². The number of hydrogen-bond acceptors (Lipinski definition) is 4. The van der Waals surface area contributed by atoms with Gasteiger partial charge in [0.1, 0.15) is 0 Å². The van der Waals surface area contributed by atoms with E-state index >= 15 is 0 Å². The molecule has 1 aromatic rings. The third-order valence-corrected chi connectivity index (χ3v) is 3.80. The summed E-state index contributed by atoms with van der Waals surface area (Å²) in [7, 11) is 2.14. The summed E-state index contributed by atoms with van der Waals surface area (Å²) < 4.78 is 0. The molecule has 0 aliphatic rings. The fourth-order valence-electron chi connectivity index (χ4n) is 1.64. The van der Waals surface area contributed by atoms with Crippen LogP contribution in [0.2, 0.25) is 0 Å². The van der Waals surface area contributed by atoms with E-state index in [0.717, 1.165) is 24.8 Å². The number of hydrogen-bond donors (Lipinski definition) is 1. The summed E-state index contributed by atoms with van der Waals surface area (Å²) in [6.45, 7) is 7.57. The number of anilines is 1. The number of nitrogens with one attached hydrogen (secondary N) is 1. The van der Waals surface area contributed by atoms with E-state index in [4.69, 9.17) is 0 Å². The van der Waals surface area contributed by atoms with Crippen LogP contribution in [0.1, 0.15) is 44.4 Å². The largest absolute Gasteiger partial charge is 0.351 e. The lowest BCUT2D eigenvalue weighted by atomic mass is 10.2. The number of thiazole rings is 1. The lowest BCUT2D eigenvalue weighted by Gasteiger charge is -2.14. The summed E-state index contributed by atoms with van der Waals surface area (Å²) in [6.07, 6.45) is 7.02. The van der Waals surface area contributed by atoms with E-state index in [1.54, 1.807) is 11.3 Å². The van der Waals surface area contributed by atoms with Crippen molar-refractivity contribution in [1.29, 1.82) is 0 Å². The molecule has 1 rings (SSSR count). The molecule has 1 N–H and O–H groups in total. The van der Waals surface area contributed by atoms with Crippen LogP contribution in [-0.2, 0) is 6.54 Å². The number of rotatable bonds is 9. The van der Waals surface area contributed by atoms with Gasteiger partial charge in [-0.05, 0) is 19.4 Å². The molecule has 0 unspecified atom stereocenters. The number of aromatic nitrogens is 1. The van der Waals surface area contributed by atoms with Crippen LogP contribution < -0.4 is 10.2 Å². The van der Waals surface area contributed by atoms with Gasteiger partial charge in [-0.1, -0.05) is 26.7 Å². The molecule has 98 valence electrons. The minimum Gasteiger partial charge on any atom is -0.351 e. The van der Waals surface area contributed by atoms with E-state index in [1.807, 2.05) is 6.20 Å². The topological polar surface area (TPSA) is 28.2 Å². The van der Waals surface area contributed by atoms with Crippen molar-refractivity contribution in [2.75, 3.05) is 25.0 Å². The van der Waals surface area contributed by atoms with Gasteiger partial charge in [-0.15, -0.1) is 11.3 Å². The molecule has 4 heteroatoms. The highest BCUT2D eigenvalue weighted by atomic mass is 32.1. The smallest absolute Gasteiger partial charge is 0.185 e. The predicted octanol–water partition coefficient (Wildman–Crippen LogP) is 3.27. The van der Waals surface area contributed by atoms with Crippen LogP contribution in [0.25, 0.3) is 0 Å². The summed E-state index contributed by atoms with van der Waals surface area (Å²) in [5, 5.41) is 4.56. The second-order valence-electron chi connectivity index (χ2n) is 4.41. The lowest BCUT2D eigenvalue weighted by molar-refractivity contribution is 0.681. The number of unbranched alkanes of at least 4 members (excludes halogenated alkanes) is 2. The second kappa shape index (κ2) is 8.48. The highest BCUT2D eigenvalue weighted by molar-refractivity contribution is 7.15. The van der Waals surface area contributed by atoms with Crippen molar-refractivity contribution < 1.29 is 0 Å².